The molecule has 0 bridgehead atoms. The summed E-state index contributed by atoms with van der Waals surface area (Å²) in [4.78, 5) is 12.5. The Morgan fingerprint density at radius 1 is 0.930 bits per heavy atom. The SMILES string of the molecule is C[C@H](c1ccc(F)cc1CCC(=O)NCc1ccc2c(c1)OCO2)N(c1cc(F)ccc1F)S(=O)(=O)c1ccc(Cl)cc1. The van der Waals surface area contributed by atoms with Crippen LogP contribution in [0.5, 0.6) is 11.5 Å². The number of sulfonamides is 1. The second kappa shape index (κ2) is 12.6. The van der Waals surface area contributed by atoms with E-state index in [9.17, 15) is 22.0 Å². The molecule has 0 fully saturated rings. The number of benzene rings is 4. The molecular weight excluding hydrogens is 605 g/mol. The summed E-state index contributed by atoms with van der Waals surface area (Å²) < 4.78 is 83.0. The van der Waals surface area contributed by atoms with Crippen LogP contribution in [0, 0.1) is 17.5 Å². The third-order valence-corrected chi connectivity index (χ3v) is 9.12. The maximum Gasteiger partial charge on any atom is 0.264 e. The second-order valence-corrected chi connectivity index (χ2v) is 12.1. The number of carbonyl (C=O) groups is 1. The van der Waals surface area contributed by atoms with E-state index in [1.807, 2.05) is 0 Å². The minimum absolute atomic E-state index is 0.0465. The summed E-state index contributed by atoms with van der Waals surface area (Å²) in [5.41, 5.74) is 0.905. The van der Waals surface area contributed by atoms with E-state index in [-0.39, 0.29) is 42.0 Å². The zero-order valence-electron chi connectivity index (χ0n) is 22.8. The van der Waals surface area contributed by atoms with Crippen molar-refractivity contribution >= 4 is 33.2 Å². The molecule has 0 saturated carbocycles. The quantitative estimate of drug-likeness (QED) is 0.211. The monoisotopic (exact) mass is 630 g/mol. The fraction of sp³-hybridized carbons (Fsp3) is 0.194. The molecule has 7 nitrogen and oxygen atoms in total. The van der Waals surface area contributed by atoms with Crippen molar-refractivity contribution in [1.82, 2.24) is 5.32 Å². The van der Waals surface area contributed by atoms with Crippen molar-refractivity contribution in [1.29, 1.82) is 0 Å². The van der Waals surface area contributed by atoms with Gasteiger partial charge in [0.2, 0.25) is 12.7 Å². The molecule has 4 aromatic rings. The summed E-state index contributed by atoms with van der Waals surface area (Å²) in [6.45, 7) is 1.83. The van der Waals surface area contributed by atoms with Crippen LogP contribution in [-0.4, -0.2) is 21.1 Å². The lowest BCUT2D eigenvalue weighted by molar-refractivity contribution is -0.121. The van der Waals surface area contributed by atoms with Crippen molar-refractivity contribution in [3.05, 3.63) is 118 Å². The van der Waals surface area contributed by atoms with E-state index in [0.29, 0.717) is 22.6 Å². The van der Waals surface area contributed by atoms with Gasteiger partial charge in [0.15, 0.2) is 11.5 Å². The lowest BCUT2D eigenvalue weighted by Gasteiger charge is -2.32. The highest BCUT2D eigenvalue weighted by Gasteiger charge is 2.34. The van der Waals surface area contributed by atoms with Crippen molar-refractivity contribution in [2.24, 2.45) is 0 Å². The topological polar surface area (TPSA) is 84.9 Å². The number of fused-ring (bicyclic) bond motifs is 1. The van der Waals surface area contributed by atoms with Gasteiger partial charge in [0.25, 0.3) is 10.0 Å². The van der Waals surface area contributed by atoms with Crippen molar-refractivity contribution in [2.75, 3.05) is 11.1 Å². The van der Waals surface area contributed by atoms with Gasteiger partial charge < -0.3 is 14.8 Å². The van der Waals surface area contributed by atoms with Crippen molar-refractivity contribution < 1.29 is 35.9 Å². The van der Waals surface area contributed by atoms with Gasteiger partial charge in [0.05, 0.1) is 16.6 Å². The molecule has 224 valence electrons. The van der Waals surface area contributed by atoms with Gasteiger partial charge in [-0.25, -0.2) is 21.6 Å². The fourth-order valence-corrected chi connectivity index (χ4v) is 6.60. The molecular formula is C31H26ClF3N2O5S. The molecule has 0 spiro atoms. The number of amides is 1. The zero-order chi connectivity index (χ0) is 30.7. The first-order chi connectivity index (χ1) is 20.5. The van der Waals surface area contributed by atoms with E-state index >= 15 is 4.39 Å². The molecule has 0 aromatic heterocycles. The van der Waals surface area contributed by atoms with Crippen LogP contribution >= 0.6 is 11.6 Å². The summed E-state index contributed by atoms with van der Waals surface area (Å²) in [5.74, 6) is -1.56. The van der Waals surface area contributed by atoms with Crippen LogP contribution in [0.1, 0.15) is 36.1 Å². The van der Waals surface area contributed by atoms with Crippen LogP contribution in [0.15, 0.2) is 83.8 Å². The fourth-order valence-electron chi connectivity index (χ4n) is 4.83. The molecule has 43 heavy (non-hydrogen) atoms. The summed E-state index contributed by atoms with van der Waals surface area (Å²) >= 11 is 5.94. The molecule has 1 heterocycles. The van der Waals surface area contributed by atoms with Crippen LogP contribution in [-0.2, 0) is 27.8 Å². The average Bonchev–Trinajstić information content (AvgIpc) is 3.45. The zero-order valence-corrected chi connectivity index (χ0v) is 24.4. The molecule has 0 saturated heterocycles. The summed E-state index contributed by atoms with van der Waals surface area (Å²) in [7, 11) is -4.48. The van der Waals surface area contributed by atoms with E-state index in [1.54, 1.807) is 18.2 Å². The highest BCUT2D eigenvalue weighted by atomic mass is 35.5. The third kappa shape index (κ3) is 6.73. The van der Waals surface area contributed by atoms with Gasteiger partial charge in [-0.3, -0.25) is 9.10 Å². The van der Waals surface area contributed by atoms with Crippen LogP contribution < -0.4 is 19.1 Å². The number of hydrogen-bond donors (Lipinski definition) is 1. The molecule has 1 atom stereocenters. The van der Waals surface area contributed by atoms with Crippen molar-refractivity contribution in [3.8, 4) is 11.5 Å². The van der Waals surface area contributed by atoms with Gasteiger partial charge in [-0.15, -0.1) is 0 Å². The maximum atomic E-state index is 15.1. The summed E-state index contributed by atoms with van der Waals surface area (Å²) in [5, 5.41) is 3.08. The van der Waals surface area contributed by atoms with Gasteiger partial charge in [0.1, 0.15) is 17.5 Å². The van der Waals surface area contributed by atoms with Crippen LogP contribution in [0.4, 0.5) is 18.9 Å². The Bertz CT molecular complexity index is 1770. The van der Waals surface area contributed by atoms with E-state index in [2.05, 4.69) is 5.32 Å². The van der Waals surface area contributed by atoms with Gasteiger partial charge in [0, 0.05) is 24.1 Å². The van der Waals surface area contributed by atoms with Gasteiger partial charge >= 0.3 is 0 Å². The maximum absolute atomic E-state index is 15.1. The molecule has 1 aliphatic rings. The largest absolute Gasteiger partial charge is 0.454 e. The van der Waals surface area contributed by atoms with E-state index < -0.39 is 39.2 Å². The third-order valence-electron chi connectivity index (χ3n) is 6.97. The van der Waals surface area contributed by atoms with Crippen molar-refractivity contribution in [2.45, 2.75) is 37.2 Å². The first-order valence-corrected chi connectivity index (χ1v) is 15.0. The number of hydrogen-bond acceptors (Lipinski definition) is 5. The normalized spacial score (nSPS) is 13.0. The Morgan fingerprint density at radius 3 is 2.40 bits per heavy atom. The molecule has 5 rings (SSSR count). The minimum Gasteiger partial charge on any atom is -0.454 e. The Kier molecular flexibility index (Phi) is 8.84. The minimum atomic E-state index is -4.48. The number of carbonyl (C=O) groups excluding carboxylic acids is 1. The number of halogens is 4. The first-order valence-electron chi connectivity index (χ1n) is 13.2. The number of nitrogens with one attached hydrogen (secondary N) is 1. The van der Waals surface area contributed by atoms with E-state index in [1.165, 1.54) is 43.3 Å². The van der Waals surface area contributed by atoms with Gasteiger partial charge in [-0.05, 0) is 90.7 Å². The molecule has 12 heteroatoms. The molecule has 4 aromatic carbocycles. The Balaban J connectivity index is 1.41. The standard InChI is InChI=1S/C31H26ClF3N2O5S/c1-19(37(28-16-24(34)7-11-27(28)35)43(39,40)25-8-4-22(32)5-9-25)26-10-6-23(33)15-21(26)3-13-31(38)36-17-20-2-12-29-30(14-20)42-18-41-29/h2,4-12,14-16,19H,3,13,17-18H2,1H3,(H,36,38)/t19-/m1/s1. The molecule has 0 radical (unpaired) electrons. The lowest BCUT2D eigenvalue weighted by Crippen LogP contribution is -2.35. The molecule has 1 N–H and O–H groups in total. The van der Waals surface area contributed by atoms with Gasteiger partial charge in [-0.1, -0.05) is 23.7 Å². The summed E-state index contributed by atoms with van der Waals surface area (Å²) in [6, 6.07) is 15.6. The predicted octanol–water partition coefficient (Wildman–Crippen LogP) is 6.69. The molecule has 0 unspecified atom stereocenters. The van der Waals surface area contributed by atoms with Crippen LogP contribution in [0.2, 0.25) is 5.02 Å². The van der Waals surface area contributed by atoms with Crippen LogP contribution in [0.3, 0.4) is 0 Å². The number of rotatable bonds is 10. The number of aryl methyl sites for hydroxylation is 1. The summed E-state index contributed by atoms with van der Waals surface area (Å²) in [6.07, 6.45) is -0.00312. The number of nitrogens with zero attached hydrogens (tertiary/aromatic N) is 1. The van der Waals surface area contributed by atoms with Crippen LogP contribution in [0.25, 0.3) is 0 Å². The highest BCUT2D eigenvalue weighted by Crippen LogP contribution is 2.37. The lowest BCUT2D eigenvalue weighted by atomic mass is 9.97. The smallest absolute Gasteiger partial charge is 0.264 e. The van der Waals surface area contributed by atoms with E-state index in [0.717, 1.165) is 34.1 Å². The molecule has 1 aliphatic heterocycles. The Hall–Kier alpha value is -4.22. The second-order valence-electron chi connectivity index (χ2n) is 9.83. The predicted molar refractivity (Wildman–Crippen MR) is 155 cm³/mol. The highest BCUT2D eigenvalue weighted by molar-refractivity contribution is 7.92. The first kappa shape index (κ1) is 30.2. The Labute approximate surface area is 251 Å². The Morgan fingerprint density at radius 2 is 1.63 bits per heavy atom. The number of anilines is 1. The number of ether oxygens (including phenoxy) is 2. The average molecular weight is 631 g/mol. The van der Waals surface area contributed by atoms with Gasteiger partial charge in [-0.2, -0.15) is 0 Å². The molecule has 1 amide bonds. The van der Waals surface area contributed by atoms with E-state index in [4.69, 9.17) is 21.1 Å². The molecule has 0 aliphatic carbocycles. The van der Waals surface area contributed by atoms with Crippen molar-refractivity contribution in [3.63, 3.8) is 0 Å².